The summed E-state index contributed by atoms with van der Waals surface area (Å²) in [5.74, 6) is 1.53. The number of benzene rings is 3. The van der Waals surface area contributed by atoms with Crippen LogP contribution in [0.4, 0.5) is 0 Å². The predicted octanol–water partition coefficient (Wildman–Crippen LogP) is 8.00. The first kappa shape index (κ1) is 17.8. The highest BCUT2D eigenvalue weighted by atomic mass is 14.3. The van der Waals surface area contributed by atoms with Crippen LogP contribution in [0.3, 0.4) is 0 Å². The zero-order valence-corrected chi connectivity index (χ0v) is 16.2. The molecule has 0 radical (unpaired) electrons. The molecule has 0 saturated heterocycles. The monoisotopic (exact) mass is 352 g/mol. The molecule has 0 aromatic heterocycles. The first-order valence-electron chi connectivity index (χ1n) is 10.2. The molecule has 0 amide bonds. The molecule has 0 nitrogen and oxygen atoms in total. The van der Waals surface area contributed by atoms with Crippen LogP contribution in [-0.2, 0) is 0 Å². The molecule has 0 heterocycles. The number of allylic oxidation sites excluding steroid dienone is 2. The minimum Gasteiger partial charge on any atom is -0.0985 e. The van der Waals surface area contributed by atoms with Crippen LogP contribution in [0.15, 0.2) is 79.4 Å². The molecule has 1 aliphatic rings. The third kappa shape index (κ3) is 3.90. The van der Waals surface area contributed by atoms with Crippen LogP contribution in [0.25, 0.3) is 28.0 Å². The van der Waals surface area contributed by atoms with E-state index in [1.165, 1.54) is 58.7 Å². The maximum atomic E-state index is 3.86. The Labute approximate surface area is 163 Å². The predicted molar refractivity (Wildman–Crippen MR) is 119 cm³/mol. The van der Waals surface area contributed by atoms with Gasteiger partial charge < -0.3 is 0 Å². The number of hydrogen-bond acceptors (Lipinski definition) is 0. The summed E-state index contributed by atoms with van der Waals surface area (Å²) in [4.78, 5) is 0. The molecular weight excluding hydrogens is 324 g/mol. The van der Waals surface area contributed by atoms with Crippen molar-refractivity contribution in [3.8, 4) is 11.1 Å². The van der Waals surface area contributed by atoms with Crippen molar-refractivity contribution in [1.82, 2.24) is 0 Å². The lowest BCUT2D eigenvalue weighted by atomic mass is 9.78. The Morgan fingerprint density at radius 2 is 1.44 bits per heavy atom. The highest BCUT2D eigenvalue weighted by Crippen LogP contribution is 2.37. The molecule has 0 heteroatoms. The molecule has 3 aromatic rings. The third-order valence-corrected chi connectivity index (χ3v) is 6.05. The van der Waals surface area contributed by atoms with E-state index < -0.39 is 0 Å². The van der Waals surface area contributed by atoms with E-state index in [4.69, 9.17) is 0 Å². The van der Waals surface area contributed by atoms with Gasteiger partial charge in [-0.2, -0.15) is 0 Å². The van der Waals surface area contributed by atoms with E-state index >= 15 is 0 Å². The number of rotatable bonds is 4. The van der Waals surface area contributed by atoms with Gasteiger partial charge in [0.2, 0.25) is 0 Å². The first-order chi connectivity index (χ1) is 13.3. The molecule has 0 atom stereocenters. The van der Waals surface area contributed by atoms with Gasteiger partial charge in [-0.1, -0.05) is 73.3 Å². The SMILES string of the molecule is C=Cc1ccc2cc(-c3ccc(C4CCC(/C=C/C)CC4)cc3)ccc2c1. The number of hydrogen-bond donors (Lipinski definition) is 0. The zero-order chi connectivity index (χ0) is 18.6. The van der Waals surface area contributed by atoms with Gasteiger partial charge in [0.25, 0.3) is 0 Å². The van der Waals surface area contributed by atoms with Crippen molar-refractivity contribution >= 4 is 16.8 Å². The Morgan fingerprint density at radius 3 is 2.15 bits per heavy atom. The lowest BCUT2D eigenvalue weighted by Gasteiger charge is -2.27. The number of fused-ring (bicyclic) bond motifs is 1. The second-order valence-corrected chi connectivity index (χ2v) is 7.78. The Kier molecular flexibility index (Phi) is 5.25. The molecule has 0 aliphatic heterocycles. The van der Waals surface area contributed by atoms with Gasteiger partial charge in [0.15, 0.2) is 0 Å². The normalized spacial score (nSPS) is 20.2. The summed E-state index contributed by atoms with van der Waals surface area (Å²) in [6.07, 6.45) is 11.8. The molecule has 1 fully saturated rings. The molecule has 0 N–H and O–H groups in total. The van der Waals surface area contributed by atoms with Gasteiger partial charge in [-0.15, -0.1) is 0 Å². The van der Waals surface area contributed by atoms with E-state index in [1.807, 2.05) is 6.08 Å². The first-order valence-corrected chi connectivity index (χ1v) is 10.2. The summed E-state index contributed by atoms with van der Waals surface area (Å²) in [6, 6.07) is 22.5. The lowest BCUT2D eigenvalue weighted by molar-refractivity contribution is 0.376. The summed E-state index contributed by atoms with van der Waals surface area (Å²) in [5.41, 5.74) is 5.27. The van der Waals surface area contributed by atoms with Crippen molar-refractivity contribution in [3.63, 3.8) is 0 Å². The molecule has 4 rings (SSSR count). The maximum absolute atomic E-state index is 3.86. The van der Waals surface area contributed by atoms with Gasteiger partial charge in [0, 0.05) is 0 Å². The average molecular weight is 353 g/mol. The Morgan fingerprint density at radius 1 is 0.778 bits per heavy atom. The molecule has 27 heavy (non-hydrogen) atoms. The molecule has 3 aromatic carbocycles. The van der Waals surface area contributed by atoms with Crippen LogP contribution in [-0.4, -0.2) is 0 Å². The van der Waals surface area contributed by atoms with Gasteiger partial charge >= 0.3 is 0 Å². The van der Waals surface area contributed by atoms with Crippen molar-refractivity contribution in [2.45, 2.75) is 38.5 Å². The molecule has 136 valence electrons. The van der Waals surface area contributed by atoms with Gasteiger partial charge in [-0.25, -0.2) is 0 Å². The Balaban J connectivity index is 1.52. The summed E-state index contributed by atoms with van der Waals surface area (Å²) in [7, 11) is 0. The fraction of sp³-hybridized carbons (Fsp3) is 0.259. The van der Waals surface area contributed by atoms with Crippen molar-refractivity contribution in [1.29, 1.82) is 0 Å². The van der Waals surface area contributed by atoms with Gasteiger partial charge in [-0.3, -0.25) is 0 Å². The molecule has 0 unspecified atom stereocenters. The van der Waals surface area contributed by atoms with Crippen LogP contribution in [0.1, 0.15) is 49.7 Å². The quantitative estimate of drug-likeness (QED) is 0.417. The molecule has 1 saturated carbocycles. The van der Waals surface area contributed by atoms with Crippen LogP contribution in [0.5, 0.6) is 0 Å². The van der Waals surface area contributed by atoms with E-state index in [0.29, 0.717) is 0 Å². The van der Waals surface area contributed by atoms with Gasteiger partial charge in [-0.05, 0) is 89.6 Å². The van der Waals surface area contributed by atoms with Crippen LogP contribution in [0.2, 0.25) is 0 Å². The third-order valence-electron chi connectivity index (χ3n) is 6.05. The summed E-state index contributed by atoms with van der Waals surface area (Å²) < 4.78 is 0. The Bertz CT molecular complexity index is 951. The van der Waals surface area contributed by atoms with E-state index in [2.05, 4.69) is 86.3 Å². The lowest BCUT2D eigenvalue weighted by Crippen LogP contribution is -2.11. The topological polar surface area (TPSA) is 0 Å². The van der Waals surface area contributed by atoms with E-state index in [9.17, 15) is 0 Å². The zero-order valence-electron chi connectivity index (χ0n) is 16.2. The van der Waals surface area contributed by atoms with Crippen molar-refractivity contribution in [2.24, 2.45) is 5.92 Å². The average Bonchev–Trinajstić information content (AvgIpc) is 2.74. The maximum Gasteiger partial charge on any atom is -0.0162 e. The fourth-order valence-corrected chi connectivity index (χ4v) is 4.44. The minimum atomic E-state index is 0.731. The largest absolute Gasteiger partial charge is 0.0985 e. The van der Waals surface area contributed by atoms with E-state index in [1.54, 1.807) is 0 Å². The second-order valence-electron chi connectivity index (χ2n) is 7.78. The molecule has 0 bridgehead atoms. The molecule has 1 aliphatic carbocycles. The van der Waals surface area contributed by atoms with Crippen molar-refractivity contribution < 1.29 is 0 Å². The van der Waals surface area contributed by atoms with Crippen molar-refractivity contribution in [2.75, 3.05) is 0 Å². The van der Waals surface area contributed by atoms with Gasteiger partial charge in [0.05, 0.1) is 0 Å². The van der Waals surface area contributed by atoms with Crippen LogP contribution in [0, 0.1) is 5.92 Å². The van der Waals surface area contributed by atoms with Crippen molar-refractivity contribution in [3.05, 3.63) is 90.5 Å². The smallest absolute Gasteiger partial charge is 0.0162 e. The Hall–Kier alpha value is -2.60. The van der Waals surface area contributed by atoms with E-state index in [-0.39, 0.29) is 0 Å². The van der Waals surface area contributed by atoms with Crippen LogP contribution < -0.4 is 0 Å². The van der Waals surface area contributed by atoms with Gasteiger partial charge in [0.1, 0.15) is 0 Å². The van der Waals surface area contributed by atoms with E-state index in [0.717, 1.165) is 11.8 Å². The highest BCUT2D eigenvalue weighted by Gasteiger charge is 2.20. The highest BCUT2D eigenvalue weighted by molar-refractivity contribution is 5.88. The summed E-state index contributed by atoms with van der Waals surface area (Å²) in [5, 5.41) is 2.55. The fourth-order valence-electron chi connectivity index (χ4n) is 4.44. The second kappa shape index (κ2) is 7.96. The molecule has 0 spiro atoms. The standard InChI is InChI=1S/C27H28/c1-3-5-21-7-9-22(10-8-21)23-12-14-24(15-13-23)26-17-16-25-18-20(4-2)6-11-27(25)19-26/h3-6,11-19,21-22H,2,7-10H2,1H3/b5-3+. The molecular formula is C27H28. The summed E-state index contributed by atoms with van der Waals surface area (Å²) in [6.45, 7) is 5.99. The van der Waals surface area contributed by atoms with Crippen LogP contribution >= 0.6 is 0 Å². The summed E-state index contributed by atoms with van der Waals surface area (Å²) >= 11 is 0. The minimum absolute atomic E-state index is 0.731.